The Morgan fingerprint density at radius 3 is 2.38 bits per heavy atom. The Morgan fingerprint density at radius 2 is 1.79 bits per heavy atom. The molecule has 0 spiro atoms. The number of β-amino-alcohol motifs (C(OH)–C–C–N with tert-alkyl or cyclic N) is 1. The van der Waals surface area contributed by atoms with Crippen LogP contribution < -0.4 is 0 Å². The van der Waals surface area contributed by atoms with Crippen LogP contribution in [0.1, 0.15) is 19.4 Å². The smallest absolute Gasteiger partial charge is 0.122 e. The second-order valence-corrected chi connectivity index (χ2v) is 7.26. The summed E-state index contributed by atoms with van der Waals surface area (Å²) >= 11 is 5.92. The summed E-state index contributed by atoms with van der Waals surface area (Å²) in [5.41, 5.74) is 0.649. The van der Waals surface area contributed by atoms with Gasteiger partial charge in [-0.3, -0.25) is 9.80 Å². The number of hydrogen-bond acceptors (Lipinski definition) is 4. The van der Waals surface area contributed by atoms with Crippen LogP contribution in [0.4, 0.5) is 0 Å². The van der Waals surface area contributed by atoms with Gasteiger partial charge in [-0.15, -0.1) is 6.42 Å². The Bertz CT molecular complexity index is 545. The molecule has 0 aliphatic carbocycles. The summed E-state index contributed by atoms with van der Waals surface area (Å²) in [5.74, 6) is 2.57. The highest BCUT2D eigenvalue weighted by Gasteiger charge is 2.21. The van der Waals surface area contributed by atoms with Crippen molar-refractivity contribution in [2.24, 2.45) is 0 Å². The number of aliphatic hydroxyl groups excluding tert-OH is 1. The first-order valence-electron chi connectivity index (χ1n) is 8.37. The average molecular weight is 351 g/mol. The fourth-order valence-electron chi connectivity index (χ4n) is 2.67. The van der Waals surface area contributed by atoms with Gasteiger partial charge in [0.05, 0.1) is 12.7 Å². The highest BCUT2D eigenvalue weighted by molar-refractivity contribution is 6.30. The summed E-state index contributed by atoms with van der Waals surface area (Å²) in [6.45, 7) is 9.36. The summed E-state index contributed by atoms with van der Waals surface area (Å²) < 4.78 is 5.56. The first kappa shape index (κ1) is 19.2. The molecule has 1 aromatic carbocycles. The van der Waals surface area contributed by atoms with Crippen molar-refractivity contribution in [2.45, 2.75) is 32.1 Å². The Kier molecular flexibility index (Phi) is 7.09. The van der Waals surface area contributed by atoms with Crippen molar-refractivity contribution in [3.63, 3.8) is 0 Å². The monoisotopic (exact) mass is 350 g/mol. The first-order chi connectivity index (χ1) is 11.4. The zero-order valence-corrected chi connectivity index (χ0v) is 15.3. The van der Waals surface area contributed by atoms with Gasteiger partial charge in [0.1, 0.15) is 5.60 Å². The minimum absolute atomic E-state index is 0.266. The van der Waals surface area contributed by atoms with Gasteiger partial charge in [0, 0.05) is 44.3 Å². The topological polar surface area (TPSA) is 35.9 Å². The number of halogens is 1. The molecule has 0 aromatic heterocycles. The minimum Gasteiger partial charge on any atom is -0.389 e. The molecule has 4 nitrogen and oxygen atoms in total. The maximum atomic E-state index is 10.1. The summed E-state index contributed by atoms with van der Waals surface area (Å²) in [6, 6.07) is 8.01. The molecule has 1 unspecified atom stereocenters. The van der Waals surface area contributed by atoms with E-state index in [1.54, 1.807) is 0 Å². The van der Waals surface area contributed by atoms with Crippen LogP contribution in [0.15, 0.2) is 24.3 Å². The number of ether oxygens (including phenoxy) is 1. The molecule has 0 radical (unpaired) electrons. The van der Waals surface area contributed by atoms with E-state index in [1.807, 2.05) is 26.0 Å². The summed E-state index contributed by atoms with van der Waals surface area (Å²) in [6.07, 6.45) is 4.87. The molecule has 1 atom stereocenters. The molecular formula is C19H27ClN2O2. The number of hydrogen-bond donors (Lipinski definition) is 1. The lowest BCUT2D eigenvalue weighted by atomic mass is 10.1. The van der Waals surface area contributed by atoms with Crippen LogP contribution in [0.2, 0.25) is 5.02 Å². The highest BCUT2D eigenvalue weighted by Crippen LogP contribution is 2.13. The fourth-order valence-corrected chi connectivity index (χ4v) is 2.80. The molecule has 1 aliphatic rings. The van der Waals surface area contributed by atoms with Crippen LogP contribution in [-0.4, -0.2) is 65.9 Å². The molecule has 0 bridgehead atoms. The Labute approximate surface area is 150 Å². The number of aliphatic hydroxyl groups is 1. The number of piperazine rings is 1. The normalized spacial score (nSPS) is 18.3. The standard InChI is InChI=1S/C19H27ClN2O2/c1-4-19(2,3)24-15-18(23)14-22-11-9-21(10-12-22)13-16-5-7-17(20)8-6-16/h1,5-8,18,23H,9-15H2,2-3H3. The van der Waals surface area contributed by atoms with Crippen molar-refractivity contribution in [3.8, 4) is 12.3 Å². The lowest BCUT2D eigenvalue weighted by Gasteiger charge is -2.35. The predicted molar refractivity (Wildman–Crippen MR) is 98.0 cm³/mol. The molecular weight excluding hydrogens is 324 g/mol. The maximum absolute atomic E-state index is 10.1. The van der Waals surface area contributed by atoms with Gasteiger partial charge in [0.25, 0.3) is 0 Å². The number of nitrogens with zero attached hydrogens (tertiary/aromatic N) is 2. The van der Waals surface area contributed by atoms with E-state index in [4.69, 9.17) is 22.8 Å². The zero-order valence-electron chi connectivity index (χ0n) is 14.5. The van der Waals surface area contributed by atoms with Crippen LogP contribution in [0.5, 0.6) is 0 Å². The Balaban J connectivity index is 1.69. The van der Waals surface area contributed by atoms with Crippen molar-refractivity contribution in [1.82, 2.24) is 9.80 Å². The van der Waals surface area contributed by atoms with E-state index in [2.05, 4.69) is 27.9 Å². The van der Waals surface area contributed by atoms with E-state index in [0.717, 1.165) is 37.7 Å². The number of benzene rings is 1. The number of rotatable bonds is 7. The zero-order chi connectivity index (χ0) is 17.6. The second-order valence-electron chi connectivity index (χ2n) is 6.82. The third-order valence-electron chi connectivity index (χ3n) is 4.24. The van der Waals surface area contributed by atoms with Crippen molar-refractivity contribution >= 4 is 11.6 Å². The predicted octanol–water partition coefficient (Wildman–Crippen LogP) is 2.25. The van der Waals surface area contributed by atoms with Crippen molar-refractivity contribution in [2.75, 3.05) is 39.3 Å². The molecule has 24 heavy (non-hydrogen) atoms. The average Bonchev–Trinajstić information content (AvgIpc) is 2.57. The highest BCUT2D eigenvalue weighted by atomic mass is 35.5. The quantitative estimate of drug-likeness (QED) is 0.765. The molecule has 132 valence electrons. The molecule has 5 heteroatoms. The van der Waals surface area contributed by atoms with Gasteiger partial charge in [-0.1, -0.05) is 29.7 Å². The van der Waals surface area contributed by atoms with Gasteiger partial charge >= 0.3 is 0 Å². The van der Waals surface area contributed by atoms with Crippen molar-refractivity contribution in [3.05, 3.63) is 34.9 Å². The van der Waals surface area contributed by atoms with E-state index >= 15 is 0 Å². The molecule has 0 amide bonds. The van der Waals surface area contributed by atoms with Crippen LogP contribution >= 0.6 is 11.6 Å². The van der Waals surface area contributed by atoms with Crippen molar-refractivity contribution < 1.29 is 9.84 Å². The Hall–Kier alpha value is -1.09. The first-order valence-corrected chi connectivity index (χ1v) is 8.75. The maximum Gasteiger partial charge on any atom is 0.122 e. The van der Waals surface area contributed by atoms with E-state index in [1.165, 1.54) is 5.56 Å². The van der Waals surface area contributed by atoms with E-state index < -0.39 is 11.7 Å². The molecule has 1 aromatic rings. The summed E-state index contributed by atoms with van der Waals surface area (Å²) in [4.78, 5) is 4.69. The van der Waals surface area contributed by atoms with Gasteiger partial charge in [0.2, 0.25) is 0 Å². The van der Waals surface area contributed by atoms with E-state index in [-0.39, 0.29) is 6.61 Å². The largest absolute Gasteiger partial charge is 0.389 e. The van der Waals surface area contributed by atoms with Gasteiger partial charge in [0.15, 0.2) is 0 Å². The van der Waals surface area contributed by atoms with Crippen molar-refractivity contribution in [1.29, 1.82) is 0 Å². The SMILES string of the molecule is C#CC(C)(C)OCC(O)CN1CCN(Cc2ccc(Cl)cc2)CC1. The van der Waals surface area contributed by atoms with E-state index in [9.17, 15) is 5.11 Å². The molecule has 1 heterocycles. The van der Waals surface area contributed by atoms with Crippen LogP contribution in [-0.2, 0) is 11.3 Å². The van der Waals surface area contributed by atoms with Gasteiger partial charge in [-0.05, 0) is 31.5 Å². The molecule has 1 fully saturated rings. The third-order valence-corrected chi connectivity index (χ3v) is 4.49. The van der Waals surface area contributed by atoms with E-state index in [0.29, 0.717) is 6.54 Å². The minimum atomic E-state index is -0.627. The van der Waals surface area contributed by atoms with Gasteiger partial charge < -0.3 is 9.84 Å². The van der Waals surface area contributed by atoms with Gasteiger partial charge in [-0.25, -0.2) is 0 Å². The summed E-state index contributed by atoms with van der Waals surface area (Å²) in [7, 11) is 0. The third kappa shape index (κ3) is 6.43. The van der Waals surface area contributed by atoms with Crippen LogP contribution in [0.25, 0.3) is 0 Å². The van der Waals surface area contributed by atoms with Crippen LogP contribution in [0.3, 0.4) is 0 Å². The molecule has 1 saturated heterocycles. The molecule has 0 saturated carbocycles. The summed E-state index contributed by atoms with van der Waals surface area (Å²) in [5, 5.41) is 10.9. The lowest BCUT2D eigenvalue weighted by Crippen LogP contribution is -2.48. The molecule has 2 rings (SSSR count). The fraction of sp³-hybridized carbons (Fsp3) is 0.579. The van der Waals surface area contributed by atoms with Crippen LogP contribution in [0, 0.1) is 12.3 Å². The molecule has 1 aliphatic heterocycles. The second kappa shape index (κ2) is 8.84. The number of terminal acetylenes is 1. The Morgan fingerprint density at radius 1 is 1.21 bits per heavy atom. The molecule has 1 N–H and O–H groups in total. The lowest BCUT2D eigenvalue weighted by molar-refractivity contribution is -0.0410. The van der Waals surface area contributed by atoms with Gasteiger partial charge in [-0.2, -0.15) is 0 Å².